The van der Waals surface area contributed by atoms with Crippen LogP contribution >= 0.6 is 34.4 Å². The number of fused-ring (bicyclic) bond motifs is 1. The second kappa shape index (κ2) is 4.10. The number of aliphatic imine (C=N–C) groups is 1. The summed E-state index contributed by atoms with van der Waals surface area (Å²) in [5.41, 5.74) is 7.94. The van der Waals surface area contributed by atoms with Crippen LogP contribution < -0.4 is 5.73 Å². The lowest BCUT2D eigenvalue weighted by atomic mass is 10.1. The maximum absolute atomic E-state index is 5.84. The molecule has 2 aliphatic heterocycles. The van der Waals surface area contributed by atoms with Gasteiger partial charge < -0.3 is 10.6 Å². The van der Waals surface area contributed by atoms with Crippen molar-refractivity contribution in [2.24, 2.45) is 4.99 Å². The Morgan fingerprint density at radius 3 is 3.19 bits per heavy atom. The average molecular weight is 345 g/mol. The van der Waals surface area contributed by atoms with Gasteiger partial charge in [0.05, 0.1) is 6.04 Å². The molecule has 0 aliphatic carbocycles. The van der Waals surface area contributed by atoms with Crippen LogP contribution in [-0.2, 0) is 0 Å². The van der Waals surface area contributed by atoms with E-state index in [4.69, 9.17) is 10.7 Å². The van der Waals surface area contributed by atoms with Gasteiger partial charge in [0, 0.05) is 28.1 Å². The predicted molar refractivity (Wildman–Crippen MR) is 77.8 cm³/mol. The van der Waals surface area contributed by atoms with Gasteiger partial charge in [-0.25, -0.2) is 0 Å². The van der Waals surface area contributed by atoms with Crippen LogP contribution in [0.15, 0.2) is 23.2 Å². The Morgan fingerprint density at radius 1 is 1.50 bits per heavy atom. The highest BCUT2D eigenvalue weighted by Gasteiger charge is 2.30. The van der Waals surface area contributed by atoms with E-state index in [2.05, 4.69) is 39.6 Å². The monoisotopic (exact) mass is 345 g/mol. The van der Waals surface area contributed by atoms with Crippen molar-refractivity contribution in [2.45, 2.75) is 6.04 Å². The van der Waals surface area contributed by atoms with Crippen LogP contribution in [-0.4, -0.2) is 28.9 Å². The molecule has 3 nitrogen and oxygen atoms in total. The summed E-state index contributed by atoms with van der Waals surface area (Å²) < 4.78 is 1.26. The Balaban J connectivity index is 1.94. The molecule has 5 heteroatoms. The summed E-state index contributed by atoms with van der Waals surface area (Å²) >= 11 is 4.22. The second-order valence-electron chi connectivity index (χ2n) is 4.00. The second-order valence-corrected chi connectivity index (χ2v) is 6.23. The van der Waals surface area contributed by atoms with Crippen LogP contribution in [0.2, 0.25) is 0 Å². The van der Waals surface area contributed by atoms with Gasteiger partial charge in [0.2, 0.25) is 0 Å². The zero-order chi connectivity index (χ0) is 11.1. The van der Waals surface area contributed by atoms with Gasteiger partial charge >= 0.3 is 0 Å². The minimum Gasteiger partial charge on any atom is -0.399 e. The minimum atomic E-state index is 0.276. The Labute approximate surface area is 113 Å². The summed E-state index contributed by atoms with van der Waals surface area (Å²) in [6, 6.07) is 6.35. The fraction of sp³-hybridized carbons (Fsp3) is 0.364. The van der Waals surface area contributed by atoms with Crippen molar-refractivity contribution in [3.8, 4) is 0 Å². The van der Waals surface area contributed by atoms with Crippen LogP contribution in [0.3, 0.4) is 0 Å². The van der Waals surface area contributed by atoms with E-state index < -0.39 is 0 Å². The number of nitrogens with two attached hydrogens (primary N) is 1. The van der Waals surface area contributed by atoms with E-state index in [0.717, 1.165) is 18.8 Å². The van der Waals surface area contributed by atoms with E-state index in [-0.39, 0.29) is 6.04 Å². The number of hydrogen-bond acceptors (Lipinski definition) is 4. The van der Waals surface area contributed by atoms with Gasteiger partial charge in [0.25, 0.3) is 0 Å². The lowest BCUT2D eigenvalue weighted by molar-refractivity contribution is 0.463. The first-order valence-electron chi connectivity index (χ1n) is 5.24. The van der Waals surface area contributed by atoms with Gasteiger partial charge in [-0.05, 0) is 46.4 Å². The fourth-order valence-electron chi connectivity index (χ4n) is 2.09. The number of rotatable bonds is 1. The van der Waals surface area contributed by atoms with Crippen molar-refractivity contribution in [3.05, 3.63) is 27.3 Å². The lowest BCUT2D eigenvalue weighted by Gasteiger charge is -2.14. The Morgan fingerprint density at radius 2 is 2.38 bits per heavy atom. The van der Waals surface area contributed by atoms with E-state index in [1.807, 2.05) is 17.8 Å². The summed E-state index contributed by atoms with van der Waals surface area (Å²) in [7, 11) is 0. The molecule has 1 aromatic rings. The van der Waals surface area contributed by atoms with Crippen molar-refractivity contribution in [1.82, 2.24) is 4.90 Å². The van der Waals surface area contributed by atoms with Crippen molar-refractivity contribution >= 4 is 45.2 Å². The molecule has 0 aromatic heterocycles. The molecular weight excluding hydrogens is 333 g/mol. The number of halogens is 1. The minimum absolute atomic E-state index is 0.276. The molecule has 16 heavy (non-hydrogen) atoms. The fourth-order valence-corrected chi connectivity index (χ4v) is 3.83. The molecule has 1 atom stereocenters. The molecule has 1 fully saturated rings. The highest BCUT2D eigenvalue weighted by atomic mass is 127. The van der Waals surface area contributed by atoms with Crippen molar-refractivity contribution in [2.75, 3.05) is 24.6 Å². The molecule has 0 saturated carbocycles. The zero-order valence-electron chi connectivity index (χ0n) is 8.69. The number of hydrogen-bond donors (Lipinski definition) is 1. The zero-order valence-corrected chi connectivity index (χ0v) is 11.7. The largest absolute Gasteiger partial charge is 0.399 e. The van der Waals surface area contributed by atoms with Gasteiger partial charge in [-0.1, -0.05) is 11.8 Å². The number of nitrogens with zero attached hydrogens (tertiary/aromatic N) is 2. The number of nitrogen functional groups attached to an aromatic ring is 1. The molecule has 0 bridgehead atoms. The van der Waals surface area contributed by atoms with Crippen LogP contribution in [0.1, 0.15) is 11.6 Å². The van der Waals surface area contributed by atoms with Crippen LogP contribution in [0.5, 0.6) is 0 Å². The third-order valence-corrected chi connectivity index (χ3v) is 4.89. The topological polar surface area (TPSA) is 41.6 Å². The summed E-state index contributed by atoms with van der Waals surface area (Å²) in [6.45, 7) is 2.15. The number of anilines is 1. The Hall–Kier alpha value is -0.430. The highest BCUT2D eigenvalue weighted by molar-refractivity contribution is 14.1. The molecule has 0 radical (unpaired) electrons. The lowest BCUT2D eigenvalue weighted by Crippen LogP contribution is -2.22. The van der Waals surface area contributed by atoms with E-state index in [1.54, 1.807) is 0 Å². The number of benzene rings is 1. The highest BCUT2D eigenvalue weighted by Crippen LogP contribution is 2.34. The van der Waals surface area contributed by atoms with Gasteiger partial charge in [0.15, 0.2) is 5.17 Å². The first-order chi connectivity index (χ1) is 7.74. The standard InChI is InChI=1S/C11H12IN3S/c12-9-2-1-7(13)5-8(9)10-6-15-3-4-16-11(15)14-10/h1-2,5,10H,3-4,6,13H2. The van der Waals surface area contributed by atoms with Gasteiger partial charge in [0.1, 0.15) is 0 Å². The van der Waals surface area contributed by atoms with Gasteiger partial charge in [-0.3, -0.25) is 4.99 Å². The molecule has 1 aromatic carbocycles. The smallest absolute Gasteiger partial charge is 0.160 e. The van der Waals surface area contributed by atoms with Crippen LogP contribution in [0, 0.1) is 3.57 Å². The predicted octanol–water partition coefficient (Wildman–Crippen LogP) is 2.33. The molecule has 1 unspecified atom stereocenters. The van der Waals surface area contributed by atoms with Crippen LogP contribution in [0.25, 0.3) is 0 Å². The summed E-state index contributed by atoms with van der Waals surface area (Å²) in [4.78, 5) is 7.14. The number of amidine groups is 1. The maximum atomic E-state index is 5.84. The van der Waals surface area contributed by atoms with E-state index in [1.165, 1.54) is 20.1 Å². The summed E-state index contributed by atoms with van der Waals surface area (Å²) in [5.74, 6) is 1.18. The Bertz CT molecular complexity index is 461. The van der Waals surface area contributed by atoms with Gasteiger partial charge in [-0.15, -0.1) is 0 Å². The van der Waals surface area contributed by atoms with E-state index in [0.29, 0.717) is 0 Å². The quantitative estimate of drug-likeness (QED) is 0.628. The molecule has 0 amide bonds. The summed E-state index contributed by atoms with van der Waals surface area (Å²) in [5, 5.41) is 1.21. The summed E-state index contributed by atoms with van der Waals surface area (Å²) in [6.07, 6.45) is 0. The van der Waals surface area contributed by atoms with Crippen molar-refractivity contribution < 1.29 is 0 Å². The molecule has 84 valence electrons. The molecule has 2 heterocycles. The maximum Gasteiger partial charge on any atom is 0.160 e. The molecule has 0 spiro atoms. The molecule has 1 saturated heterocycles. The average Bonchev–Trinajstić information content (AvgIpc) is 2.81. The normalized spacial score (nSPS) is 23.4. The SMILES string of the molecule is Nc1ccc(I)c(C2CN3CCSC3=N2)c1. The molecule has 2 N–H and O–H groups in total. The third-order valence-electron chi connectivity index (χ3n) is 2.90. The van der Waals surface area contributed by atoms with E-state index in [9.17, 15) is 0 Å². The molecular formula is C11H12IN3S. The van der Waals surface area contributed by atoms with Crippen LogP contribution in [0.4, 0.5) is 5.69 Å². The van der Waals surface area contributed by atoms with Gasteiger partial charge in [-0.2, -0.15) is 0 Å². The Kier molecular flexibility index (Phi) is 2.75. The number of thioether (sulfide) groups is 1. The van der Waals surface area contributed by atoms with Crippen molar-refractivity contribution in [1.29, 1.82) is 0 Å². The van der Waals surface area contributed by atoms with Crippen molar-refractivity contribution in [3.63, 3.8) is 0 Å². The third kappa shape index (κ3) is 1.79. The molecule has 3 rings (SSSR count). The first-order valence-corrected chi connectivity index (χ1v) is 7.31. The first kappa shape index (κ1) is 10.7. The van der Waals surface area contributed by atoms with E-state index >= 15 is 0 Å². The molecule has 2 aliphatic rings.